The SMILES string of the molecule is CC(C)=CCC[C@H](C)CCOC(=O)[C@@H]1CCC(=O)N1. The number of allylic oxidation sites excluding steroid dienone is 2. The first kappa shape index (κ1) is 15.7. The molecule has 1 aliphatic heterocycles. The molecule has 0 unspecified atom stereocenters. The number of rotatable bonds is 7. The summed E-state index contributed by atoms with van der Waals surface area (Å²) in [7, 11) is 0. The molecule has 0 aliphatic carbocycles. The normalized spacial score (nSPS) is 19.7. The highest BCUT2D eigenvalue weighted by atomic mass is 16.5. The lowest BCUT2D eigenvalue weighted by atomic mass is 10.0. The number of carbonyl (C=O) groups is 2. The van der Waals surface area contributed by atoms with Crippen LogP contribution in [0.2, 0.25) is 0 Å². The molecule has 0 aromatic rings. The molecule has 0 aromatic carbocycles. The number of amides is 1. The lowest BCUT2D eigenvalue weighted by Gasteiger charge is -2.13. The molecule has 1 amide bonds. The van der Waals surface area contributed by atoms with Gasteiger partial charge in [-0.1, -0.05) is 18.6 Å². The van der Waals surface area contributed by atoms with Crippen molar-refractivity contribution in [3.63, 3.8) is 0 Å². The molecule has 0 bridgehead atoms. The van der Waals surface area contributed by atoms with Crippen LogP contribution in [-0.4, -0.2) is 24.5 Å². The van der Waals surface area contributed by atoms with Crippen LogP contribution in [0, 0.1) is 5.92 Å². The number of carbonyl (C=O) groups excluding carboxylic acids is 2. The fourth-order valence-corrected chi connectivity index (χ4v) is 2.05. The monoisotopic (exact) mass is 267 g/mol. The molecule has 108 valence electrons. The predicted molar refractivity (Wildman–Crippen MR) is 74.6 cm³/mol. The Bertz CT molecular complexity index is 345. The Balaban J connectivity index is 2.10. The van der Waals surface area contributed by atoms with Crippen molar-refractivity contribution < 1.29 is 14.3 Å². The van der Waals surface area contributed by atoms with Gasteiger partial charge >= 0.3 is 5.97 Å². The standard InChI is InChI=1S/C15H25NO3/c1-11(2)5-4-6-12(3)9-10-19-15(18)13-7-8-14(17)16-13/h5,12-13H,4,6-10H2,1-3H3,(H,16,17)/t12-,13-/m0/s1. The first-order valence-corrected chi connectivity index (χ1v) is 7.08. The van der Waals surface area contributed by atoms with Gasteiger partial charge in [-0.15, -0.1) is 0 Å². The second-order valence-corrected chi connectivity index (χ2v) is 5.58. The fourth-order valence-electron chi connectivity index (χ4n) is 2.05. The van der Waals surface area contributed by atoms with Crippen LogP contribution in [-0.2, 0) is 14.3 Å². The highest BCUT2D eigenvalue weighted by Gasteiger charge is 2.28. The highest BCUT2D eigenvalue weighted by Crippen LogP contribution is 2.13. The molecule has 0 spiro atoms. The van der Waals surface area contributed by atoms with Crippen molar-refractivity contribution in [2.24, 2.45) is 5.92 Å². The summed E-state index contributed by atoms with van der Waals surface area (Å²) < 4.78 is 5.20. The maximum atomic E-state index is 11.6. The van der Waals surface area contributed by atoms with Crippen LogP contribution in [0.15, 0.2) is 11.6 Å². The number of hydrogen-bond donors (Lipinski definition) is 1. The smallest absolute Gasteiger partial charge is 0.328 e. The molecule has 0 saturated carbocycles. The summed E-state index contributed by atoms with van der Waals surface area (Å²) in [6.07, 6.45) is 6.30. The largest absolute Gasteiger partial charge is 0.464 e. The van der Waals surface area contributed by atoms with Crippen molar-refractivity contribution in [3.8, 4) is 0 Å². The molecule has 1 heterocycles. The molecule has 4 nitrogen and oxygen atoms in total. The number of nitrogens with one attached hydrogen (secondary N) is 1. The van der Waals surface area contributed by atoms with Crippen molar-refractivity contribution in [1.29, 1.82) is 0 Å². The van der Waals surface area contributed by atoms with Gasteiger partial charge in [-0.2, -0.15) is 0 Å². The quantitative estimate of drug-likeness (QED) is 0.570. The minimum absolute atomic E-state index is 0.0583. The van der Waals surface area contributed by atoms with Gasteiger partial charge in [0.15, 0.2) is 0 Å². The Morgan fingerprint density at radius 2 is 2.21 bits per heavy atom. The van der Waals surface area contributed by atoms with Crippen LogP contribution in [0.1, 0.15) is 52.9 Å². The fraction of sp³-hybridized carbons (Fsp3) is 0.733. The summed E-state index contributed by atoms with van der Waals surface area (Å²) in [6.45, 7) is 6.82. The van der Waals surface area contributed by atoms with Gasteiger partial charge < -0.3 is 10.1 Å². The third-order valence-electron chi connectivity index (χ3n) is 3.35. The Kier molecular flexibility index (Phi) is 6.60. The topological polar surface area (TPSA) is 55.4 Å². The molecule has 1 aliphatic rings. The third kappa shape index (κ3) is 6.41. The summed E-state index contributed by atoms with van der Waals surface area (Å²) in [5.74, 6) is 0.195. The zero-order valence-electron chi connectivity index (χ0n) is 12.2. The van der Waals surface area contributed by atoms with Gasteiger partial charge in [-0.05, 0) is 45.4 Å². The second-order valence-electron chi connectivity index (χ2n) is 5.58. The van der Waals surface area contributed by atoms with Crippen LogP contribution < -0.4 is 5.32 Å². The summed E-state index contributed by atoms with van der Waals surface area (Å²) in [4.78, 5) is 22.6. The summed E-state index contributed by atoms with van der Waals surface area (Å²) in [6, 6.07) is -0.423. The van der Waals surface area contributed by atoms with Crippen molar-refractivity contribution in [2.45, 2.75) is 58.9 Å². The zero-order valence-corrected chi connectivity index (χ0v) is 12.2. The molecular formula is C15H25NO3. The lowest BCUT2D eigenvalue weighted by Crippen LogP contribution is -2.34. The predicted octanol–water partition coefficient (Wildman–Crippen LogP) is 2.58. The van der Waals surface area contributed by atoms with E-state index in [2.05, 4.69) is 32.2 Å². The lowest BCUT2D eigenvalue weighted by molar-refractivity contribution is -0.146. The number of hydrogen-bond acceptors (Lipinski definition) is 3. The molecule has 1 fully saturated rings. The van der Waals surface area contributed by atoms with E-state index >= 15 is 0 Å². The molecule has 4 heteroatoms. The molecule has 2 atom stereocenters. The van der Waals surface area contributed by atoms with E-state index in [9.17, 15) is 9.59 Å². The first-order chi connectivity index (χ1) is 8.99. The van der Waals surface area contributed by atoms with E-state index in [0.717, 1.165) is 19.3 Å². The first-order valence-electron chi connectivity index (χ1n) is 7.08. The number of esters is 1. The van der Waals surface area contributed by atoms with Crippen molar-refractivity contribution in [1.82, 2.24) is 5.32 Å². The van der Waals surface area contributed by atoms with Gasteiger partial charge in [0.2, 0.25) is 5.91 Å². The van der Waals surface area contributed by atoms with Gasteiger partial charge in [0, 0.05) is 6.42 Å². The third-order valence-corrected chi connectivity index (χ3v) is 3.35. The van der Waals surface area contributed by atoms with Crippen LogP contribution in [0.4, 0.5) is 0 Å². The molecule has 0 radical (unpaired) electrons. The van der Waals surface area contributed by atoms with E-state index in [1.807, 2.05) is 0 Å². The molecule has 1 rings (SSSR count). The minimum Gasteiger partial charge on any atom is -0.464 e. The maximum absolute atomic E-state index is 11.6. The Labute approximate surface area is 115 Å². The van der Waals surface area contributed by atoms with Gasteiger partial charge in [-0.25, -0.2) is 4.79 Å². The summed E-state index contributed by atoms with van der Waals surface area (Å²) in [5.41, 5.74) is 1.34. The average molecular weight is 267 g/mol. The zero-order chi connectivity index (χ0) is 14.3. The maximum Gasteiger partial charge on any atom is 0.328 e. The summed E-state index contributed by atoms with van der Waals surface area (Å²) >= 11 is 0. The molecular weight excluding hydrogens is 242 g/mol. The Morgan fingerprint density at radius 1 is 1.47 bits per heavy atom. The van der Waals surface area contributed by atoms with Gasteiger partial charge in [0.25, 0.3) is 0 Å². The van der Waals surface area contributed by atoms with Crippen molar-refractivity contribution >= 4 is 11.9 Å². The summed E-state index contributed by atoms with van der Waals surface area (Å²) in [5, 5.41) is 2.62. The second kappa shape index (κ2) is 7.97. The molecule has 19 heavy (non-hydrogen) atoms. The van der Waals surface area contributed by atoms with Crippen LogP contribution in [0.25, 0.3) is 0 Å². The average Bonchev–Trinajstić information content (AvgIpc) is 2.75. The van der Waals surface area contributed by atoms with Gasteiger partial charge in [0.1, 0.15) is 6.04 Å². The highest BCUT2D eigenvalue weighted by molar-refractivity contribution is 5.87. The van der Waals surface area contributed by atoms with E-state index < -0.39 is 6.04 Å². The number of ether oxygens (including phenoxy) is 1. The van der Waals surface area contributed by atoms with Crippen LogP contribution in [0.3, 0.4) is 0 Å². The van der Waals surface area contributed by atoms with Gasteiger partial charge in [0.05, 0.1) is 6.61 Å². The van der Waals surface area contributed by atoms with E-state index in [-0.39, 0.29) is 11.9 Å². The van der Waals surface area contributed by atoms with E-state index in [1.165, 1.54) is 5.57 Å². The van der Waals surface area contributed by atoms with Crippen molar-refractivity contribution in [3.05, 3.63) is 11.6 Å². The molecule has 1 saturated heterocycles. The van der Waals surface area contributed by atoms with Gasteiger partial charge in [-0.3, -0.25) is 4.79 Å². The molecule has 1 N–H and O–H groups in total. The Hall–Kier alpha value is -1.32. The molecule has 0 aromatic heterocycles. The van der Waals surface area contributed by atoms with Crippen LogP contribution >= 0.6 is 0 Å². The minimum atomic E-state index is -0.423. The Morgan fingerprint density at radius 3 is 2.79 bits per heavy atom. The van der Waals surface area contributed by atoms with E-state index in [4.69, 9.17) is 4.74 Å². The van der Waals surface area contributed by atoms with Crippen LogP contribution in [0.5, 0.6) is 0 Å². The van der Waals surface area contributed by atoms with E-state index in [1.54, 1.807) is 0 Å². The van der Waals surface area contributed by atoms with Crippen molar-refractivity contribution in [2.75, 3.05) is 6.61 Å². The van der Waals surface area contributed by atoms with E-state index in [0.29, 0.717) is 25.4 Å².